The maximum absolute atomic E-state index is 10.9. The van der Waals surface area contributed by atoms with E-state index in [1.54, 1.807) is 0 Å². The average molecular weight is 143 g/mol. The molecule has 3 heteroatoms. The van der Waals surface area contributed by atoms with Crippen LogP contribution >= 0.6 is 0 Å². The summed E-state index contributed by atoms with van der Waals surface area (Å²) in [6.07, 6.45) is 1.66. The van der Waals surface area contributed by atoms with Gasteiger partial charge < -0.3 is 10.1 Å². The van der Waals surface area contributed by atoms with Crippen molar-refractivity contribution < 1.29 is 9.53 Å². The Morgan fingerprint density at radius 2 is 2.60 bits per heavy atom. The number of hydrogen-bond acceptors (Lipinski definition) is 2. The molecule has 1 rings (SSSR count). The van der Waals surface area contributed by atoms with Crippen molar-refractivity contribution in [2.75, 3.05) is 13.2 Å². The highest BCUT2D eigenvalue weighted by Crippen LogP contribution is 2.04. The topological polar surface area (TPSA) is 38.3 Å². The Labute approximate surface area is 60.7 Å². The van der Waals surface area contributed by atoms with Gasteiger partial charge in [0.2, 0.25) is 5.91 Å². The molecule has 0 bridgehead atoms. The largest absolute Gasteiger partial charge is 0.367 e. The van der Waals surface area contributed by atoms with Gasteiger partial charge in [0.25, 0.3) is 0 Å². The van der Waals surface area contributed by atoms with Gasteiger partial charge in [-0.1, -0.05) is 13.3 Å². The van der Waals surface area contributed by atoms with E-state index in [1.165, 1.54) is 0 Å². The Bertz CT molecular complexity index is 123. The van der Waals surface area contributed by atoms with Crippen molar-refractivity contribution in [3.05, 3.63) is 0 Å². The normalized spacial score (nSPS) is 26.1. The van der Waals surface area contributed by atoms with Gasteiger partial charge in [0.05, 0.1) is 6.61 Å². The lowest BCUT2D eigenvalue weighted by Gasteiger charge is -2.21. The Morgan fingerprint density at radius 3 is 3.20 bits per heavy atom. The van der Waals surface area contributed by atoms with Crippen LogP contribution in [-0.2, 0) is 9.53 Å². The van der Waals surface area contributed by atoms with Crippen molar-refractivity contribution in [3.8, 4) is 0 Å². The van der Waals surface area contributed by atoms with Gasteiger partial charge >= 0.3 is 0 Å². The maximum atomic E-state index is 10.9. The van der Waals surface area contributed by atoms with Gasteiger partial charge in [-0.3, -0.25) is 4.79 Å². The number of morpholine rings is 1. The molecule has 0 aliphatic carbocycles. The first-order valence-electron chi connectivity index (χ1n) is 3.74. The van der Waals surface area contributed by atoms with Crippen molar-refractivity contribution in [1.82, 2.24) is 5.32 Å². The van der Waals surface area contributed by atoms with Crippen LogP contribution in [0, 0.1) is 0 Å². The third kappa shape index (κ3) is 1.70. The highest BCUT2D eigenvalue weighted by atomic mass is 16.5. The number of rotatable bonds is 2. The van der Waals surface area contributed by atoms with Crippen LogP contribution in [0.1, 0.15) is 19.8 Å². The van der Waals surface area contributed by atoms with E-state index in [4.69, 9.17) is 4.74 Å². The zero-order valence-electron chi connectivity index (χ0n) is 6.22. The SMILES string of the molecule is CCCC1OCCNC1=O. The lowest BCUT2D eigenvalue weighted by atomic mass is 10.2. The smallest absolute Gasteiger partial charge is 0.249 e. The molecule has 0 saturated carbocycles. The van der Waals surface area contributed by atoms with Gasteiger partial charge in [-0.25, -0.2) is 0 Å². The van der Waals surface area contributed by atoms with Crippen molar-refractivity contribution in [3.63, 3.8) is 0 Å². The van der Waals surface area contributed by atoms with E-state index in [1.807, 2.05) is 6.92 Å². The molecule has 1 N–H and O–H groups in total. The molecule has 1 saturated heterocycles. The minimum absolute atomic E-state index is 0.0492. The average Bonchev–Trinajstić information content (AvgIpc) is 1.94. The number of ether oxygens (including phenoxy) is 1. The van der Waals surface area contributed by atoms with Crippen LogP contribution in [0.15, 0.2) is 0 Å². The van der Waals surface area contributed by atoms with Gasteiger partial charge in [0, 0.05) is 6.54 Å². The molecular weight excluding hydrogens is 130 g/mol. The summed E-state index contributed by atoms with van der Waals surface area (Å²) in [5, 5.41) is 2.75. The first kappa shape index (κ1) is 7.54. The summed E-state index contributed by atoms with van der Waals surface area (Å²) in [7, 11) is 0. The Hall–Kier alpha value is -0.570. The molecule has 0 aromatic rings. The minimum atomic E-state index is -0.182. The Balaban J connectivity index is 2.32. The van der Waals surface area contributed by atoms with Crippen LogP contribution in [0.3, 0.4) is 0 Å². The Morgan fingerprint density at radius 1 is 1.80 bits per heavy atom. The van der Waals surface area contributed by atoms with Gasteiger partial charge in [-0.05, 0) is 6.42 Å². The third-order valence-electron chi connectivity index (χ3n) is 1.56. The second-order valence-corrected chi connectivity index (χ2v) is 2.44. The van der Waals surface area contributed by atoms with Crippen molar-refractivity contribution >= 4 is 5.91 Å². The standard InChI is InChI=1S/C7H13NO2/c1-2-3-6-7(9)8-4-5-10-6/h6H,2-5H2,1H3,(H,8,9). The fraction of sp³-hybridized carbons (Fsp3) is 0.857. The fourth-order valence-corrected chi connectivity index (χ4v) is 1.04. The number of amides is 1. The fourth-order valence-electron chi connectivity index (χ4n) is 1.04. The molecule has 0 radical (unpaired) electrons. The van der Waals surface area contributed by atoms with Crippen LogP contribution in [0.5, 0.6) is 0 Å². The summed E-state index contributed by atoms with van der Waals surface area (Å²) in [4.78, 5) is 10.9. The van der Waals surface area contributed by atoms with Crippen molar-refractivity contribution in [1.29, 1.82) is 0 Å². The summed E-state index contributed by atoms with van der Waals surface area (Å²) < 4.78 is 5.22. The zero-order valence-corrected chi connectivity index (χ0v) is 6.22. The quantitative estimate of drug-likeness (QED) is 0.603. The van der Waals surface area contributed by atoms with Gasteiger partial charge in [-0.2, -0.15) is 0 Å². The van der Waals surface area contributed by atoms with Gasteiger partial charge in [0.15, 0.2) is 0 Å². The highest BCUT2D eigenvalue weighted by Gasteiger charge is 2.20. The number of carbonyl (C=O) groups excluding carboxylic acids is 1. The summed E-state index contributed by atoms with van der Waals surface area (Å²) in [6, 6.07) is 0. The van der Waals surface area contributed by atoms with E-state index in [2.05, 4.69) is 5.32 Å². The molecule has 1 heterocycles. The van der Waals surface area contributed by atoms with E-state index in [-0.39, 0.29) is 12.0 Å². The molecule has 1 atom stereocenters. The van der Waals surface area contributed by atoms with Crippen molar-refractivity contribution in [2.24, 2.45) is 0 Å². The van der Waals surface area contributed by atoms with Gasteiger partial charge in [0.1, 0.15) is 6.10 Å². The molecule has 0 aromatic carbocycles. The Kier molecular flexibility index (Phi) is 2.68. The maximum Gasteiger partial charge on any atom is 0.249 e. The lowest BCUT2D eigenvalue weighted by Crippen LogP contribution is -2.44. The third-order valence-corrected chi connectivity index (χ3v) is 1.56. The van der Waals surface area contributed by atoms with E-state index in [9.17, 15) is 4.79 Å². The van der Waals surface area contributed by atoms with Crippen molar-refractivity contribution in [2.45, 2.75) is 25.9 Å². The summed E-state index contributed by atoms with van der Waals surface area (Å²) in [5.41, 5.74) is 0. The summed E-state index contributed by atoms with van der Waals surface area (Å²) in [6.45, 7) is 3.38. The van der Waals surface area contributed by atoms with Crippen LogP contribution in [0.4, 0.5) is 0 Å². The van der Waals surface area contributed by atoms with Gasteiger partial charge in [-0.15, -0.1) is 0 Å². The molecule has 1 fully saturated rings. The van der Waals surface area contributed by atoms with Crippen LogP contribution in [0.25, 0.3) is 0 Å². The molecule has 1 aliphatic heterocycles. The second-order valence-electron chi connectivity index (χ2n) is 2.44. The second kappa shape index (κ2) is 3.56. The van der Waals surface area contributed by atoms with Crippen LogP contribution in [-0.4, -0.2) is 25.2 Å². The number of carbonyl (C=O) groups is 1. The molecule has 58 valence electrons. The molecule has 1 aliphatic rings. The molecule has 3 nitrogen and oxygen atoms in total. The molecular formula is C7H13NO2. The van der Waals surface area contributed by atoms with E-state index >= 15 is 0 Å². The van der Waals surface area contributed by atoms with E-state index in [0.29, 0.717) is 13.2 Å². The van der Waals surface area contributed by atoms with E-state index < -0.39 is 0 Å². The van der Waals surface area contributed by atoms with E-state index in [0.717, 1.165) is 12.8 Å². The molecule has 0 spiro atoms. The molecule has 10 heavy (non-hydrogen) atoms. The first-order valence-corrected chi connectivity index (χ1v) is 3.74. The van der Waals surface area contributed by atoms with Crippen LogP contribution < -0.4 is 5.32 Å². The molecule has 1 unspecified atom stereocenters. The monoisotopic (exact) mass is 143 g/mol. The molecule has 1 amide bonds. The predicted octanol–water partition coefficient (Wildman–Crippen LogP) is 0.301. The zero-order chi connectivity index (χ0) is 7.40. The first-order chi connectivity index (χ1) is 4.84. The summed E-state index contributed by atoms with van der Waals surface area (Å²) >= 11 is 0. The summed E-state index contributed by atoms with van der Waals surface area (Å²) in [5.74, 6) is 0.0492. The number of nitrogens with one attached hydrogen (secondary N) is 1. The predicted molar refractivity (Wildman–Crippen MR) is 37.7 cm³/mol. The lowest BCUT2D eigenvalue weighted by molar-refractivity contribution is -0.138. The highest BCUT2D eigenvalue weighted by molar-refractivity contribution is 5.81. The molecule has 0 aromatic heterocycles. The number of hydrogen-bond donors (Lipinski definition) is 1. The van der Waals surface area contributed by atoms with Crippen LogP contribution in [0.2, 0.25) is 0 Å². The minimum Gasteiger partial charge on any atom is -0.367 e.